The molecule has 1 saturated heterocycles. The van der Waals surface area contributed by atoms with Crippen LogP contribution in [-0.4, -0.2) is 82.3 Å². The van der Waals surface area contributed by atoms with Gasteiger partial charge in [-0.2, -0.15) is 0 Å². The molecule has 0 bridgehead atoms. The lowest BCUT2D eigenvalue weighted by atomic mass is 9.96. The van der Waals surface area contributed by atoms with Crippen LogP contribution in [0.3, 0.4) is 0 Å². The summed E-state index contributed by atoms with van der Waals surface area (Å²) in [7, 11) is 3.96. The lowest BCUT2D eigenvalue weighted by Crippen LogP contribution is -2.19. The second kappa shape index (κ2) is 12.3. The Morgan fingerprint density at radius 1 is 0.886 bits per heavy atom. The average Bonchev–Trinajstić information content (AvgIpc) is 3.70. The van der Waals surface area contributed by atoms with Gasteiger partial charge < -0.3 is 14.6 Å². The molecule has 1 N–H and O–H groups in total. The molecule has 44 heavy (non-hydrogen) atoms. The molecule has 0 saturated carbocycles. The molecule has 0 atom stereocenters. The van der Waals surface area contributed by atoms with Gasteiger partial charge in [-0.25, -0.2) is 4.39 Å². The van der Waals surface area contributed by atoms with Gasteiger partial charge in [0.15, 0.2) is 0 Å². The highest BCUT2D eigenvalue weighted by Gasteiger charge is 2.21. The number of hydrogen-bond donors (Lipinski definition) is 1. The zero-order valence-electron chi connectivity index (χ0n) is 25.2. The van der Waals surface area contributed by atoms with Crippen molar-refractivity contribution >= 4 is 16.6 Å². The number of H-pyrrole nitrogens is 1. The van der Waals surface area contributed by atoms with Gasteiger partial charge in [0.25, 0.3) is 0 Å². The van der Waals surface area contributed by atoms with E-state index in [0.29, 0.717) is 24.5 Å². The molecule has 224 valence electrons. The Labute approximate surface area is 256 Å². The maximum absolute atomic E-state index is 14.7. The smallest absolute Gasteiger partial charge is 0.127 e. The number of hydrogen-bond acceptors (Lipinski definition) is 7. The minimum atomic E-state index is -0.349. The molecule has 0 amide bonds. The van der Waals surface area contributed by atoms with Crippen molar-refractivity contribution in [2.45, 2.75) is 25.8 Å². The minimum Gasteiger partial charge on any atom is -0.492 e. The van der Waals surface area contributed by atoms with Gasteiger partial charge in [0.05, 0.1) is 28.8 Å². The number of benzene rings is 1. The van der Waals surface area contributed by atoms with E-state index < -0.39 is 0 Å². The quantitative estimate of drug-likeness (QED) is 0.236. The second-order valence-electron chi connectivity index (χ2n) is 11.9. The fraction of sp³-hybridized carbons (Fsp3) is 0.314. The summed E-state index contributed by atoms with van der Waals surface area (Å²) >= 11 is 0. The minimum absolute atomic E-state index is 0.349. The Morgan fingerprint density at radius 3 is 2.59 bits per heavy atom. The van der Waals surface area contributed by atoms with E-state index >= 15 is 0 Å². The first kappa shape index (κ1) is 28.3. The number of pyridine rings is 3. The maximum Gasteiger partial charge on any atom is 0.127 e. The number of likely N-dealkylation sites (N-methyl/N-ethyl adjacent to an activating group) is 1. The van der Waals surface area contributed by atoms with Gasteiger partial charge in [-0.1, -0.05) is 0 Å². The highest BCUT2D eigenvalue weighted by atomic mass is 19.1. The number of likely N-dealkylation sites (tertiary alicyclic amines) is 1. The summed E-state index contributed by atoms with van der Waals surface area (Å²) in [5.41, 5.74) is 9.49. The van der Waals surface area contributed by atoms with E-state index in [2.05, 4.69) is 38.1 Å². The summed E-state index contributed by atoms with van der Waals surface area (Å²) in [5, 5.41) is 0.942. The molecule has 6 heterocycles. The number of rotatable bonds is 9. The zero-order valence-corrected chi connectivity index (χ0v) is 25.2. The van der Waals surface area contributed by atoms with E-state index in [4.69, 9.17) is 14.7 Å². The maximum atomic E-state index is 14.7. The third-order valence-corrected chi connectivity index (χ3v) is 8.37. The zero-order chi connectivity index (χ0) is 30.0. The number of ether oxygens (including phenoxy) is 1. The SMILES string of the molecule is CN(C)CCOc1cc(F)cc(-c2cncc3[nH]c(C4=NCCc5ncc(-c6cncc(CN7CCCC7)c6)cc54)cc23)c1. The molecule has 5 aromatic rings. The van der Waals surface area contributed by atoms with Crippen molar-refractivity contribution in [3.05, 3.63) is 95.7 Å². The topological polar surface area (TPSA) is 82.5 Å². The van der Waals surface area contributed by atoms with E-state index in [9.17, 15) is 4.39 Å². The predicted molar refractivity (Wildman–Crippen MR) is 172 cm³/mol. The largest absolute Gasteiger partial charge is 0.492 e. The fourth-order valence-corrected chi connectivity index (χ4v) is 6.13. The molecule has 0 aliphatic carbocycles. The van der Waals surface area contributed by atoms with Crippen LogP contribution in [-0.2, 0) is 13.0 Å². The summed E-state index contributed by atoms with van der Waals surface area (Å²) in [6, 6.07) is 11.3. The Balaban J connectivity index is 1.21. The summed E-state index contributed by atoms with van der Waals surface area (Å²) in [6.07, 6.45) is 12.7. The van der Waals surface area contributed by atoms with Crippen molar-refractivity contribution in [3.63, 3.8) is 0 Å². The molecule has 0 spiro atoms. The van der Waals surface area contributed by atoms with Crippen LogP contribution in [0.2, 0.25) is 0 Å². The first-order chi connectivity index (χ1) is 21.5. The summed E-state index contributed by atoms with van der Waals surface area (Å²) in [4.78, 5) is 26.9. The van der Waals surface area contributed by atoms with Gasteiger partial charge >= 0.3 is 0 Å². The van der Waals surface area contributed by atoms with Crippen LogP contribution in [0.25, 0.3) is 33.2 Å². The monoisotopic (exact) mass is 589 g/mol. The molecular formula is C35H36FN7O. The number of aliphatic imine (C=N–C) groups is 1. The van der Waals surface area contributed by atoms with E-state index in [1.54, 1.807) is 12.4 Å². The van der Waals surface area contributed by atoms with Crippen LogP contribution in [0.15, 0.2) is 72.4 Å². The first-order valence-corrected chi connectivity index (χ1v) is 15.3. The van der Waals surface area contributed by atoms with Crippen molar-refractivity contribution in [2.75, 3.05) is 46.9 Å². The highest BCUT2D eigenvalue weighted by molar-refractivity contribution is 6.16. The number of aromatic amines is 1. The fourth-order valence-electron chi connectivity index (χ4n) is 6.13. The van der Waals surface area contributed by atoms with Crippen molar-refractivity contribution < 1.29 is 9.13 Å². The number of fused-ring (bicyclic) bond motifs is 2. The van der Waals surface area contributed by atoms with Gasteiger partial charge in [-0.15, -0.1) is 0 Å². The summed E-state index contributed by atoms with van der Waals surface area (Å²) in [6.45, 7) is 5.10. The van der Waals surface area contributed by atoms with Crippen molar-refractivity contribution in [1.29, 1.82) is 0 Å². The van der Waals surface area contributed by atoms with Crippen LogP contribution in [0.1, 0.15) is 35.4 Å². The van der Waals surface area contributed by atoms with Crippen molar-refractivity contribution in [3.8, 4) is 28.0 Å². The standard InChI is InChI=1S/C35H36FN7O/c1-42(2)9-10-44-28-13-24(12-27(36)15-28)31-20-38-21-34-29(31)16-33(41-34)35-30-14-26(19-40-32(30)5-6-39-35)25-11-23(17-37-18-25)22-43-7-3-4-8-43/h11-21,41H,3-10,22H2,1-2H3. The van der Waals surface area contributed by atoms with Crippen LogP contribution in [0.4, 0.5) is 4.39 Å². The Morgan fingerprint density at radius 2 is 1.73 bits per heavy atom. The molecular weight excluding hydrogens is 553 g/mol. The van der Waals surface area contributed by atoms with Crippen LogP contribution in [0.5, 0.6) is 5.75 Å². The number of nitrogens with one attached hydrogen (secondary N) is 1. The lowest BCUT2D eigenvalue weighted by Gasteiger charge is -2.17. The van der Waals surface area contributed by atoms with Gasteiger partial charge in [0, 0.05) is 84.5 Å². The third kappa shape index (κ3) is 5.98. The van der Waals surface area contributed by atoms with E-state index in [1.807, 2.05) is 43.7 Å². The molecule has 2 aliphatic heterocycles. The Bertz CT molecular complexity index is 1840. The molecule has 0 radical (unpaired) electrons. The van der Waals surface area contributed by atoms with E-state index in [0.717, 1.165) is 82.9 Å². The molecule has 8 nitrogen and oxygen atoms in total. The second-order valence-corrected chi connectivity index (χ2v) is 11.9. The predicted octanol–water partition coefficient (Wildman–Crippen LogP) is 5.76. The number of halogens is 1. The van der Waals surface area contributed by atoms with Crippen molar-refractivity contribution in [1.82, 2.24) is 29.7 Å². The van der Waals surface area contributed by atoms with Crippen molar-refractivity contribution in [2.24, 2.45) is 4.99 Å². The Kier molecular flexibility index (Phi) is 7.89. The first-order valence-electron chi connectivity index (χ1n) is 15.3. The number of nitrogens with zero attached hydrogens (tertiary/aromatic N) is 6. The van der Waals surface area contributed by atoms with Gasteiger partial charge in [0.2, 0.25) is 0 Å². The van der Waals surface area contributed by atoms with Gasteiger partial charge in [-0.05, 0) is 81.5 Å². The number of aromatic nitrogens is 4. The summed E-state index contributed by atoms with van der Waals surface area (Å²) < 4.78 is 20.6. The molecule has 9 heteroatoms. The summed E-state index contributed by atoms with van der Waals surface area (Å²) in [5.74, 6) is 0.149. The van der Waals surface area contributed by atoms with Crippen LogP contribution < -0.4 is 4.74 Å². The van der Waals surface area contributed by atoms with Crippen LogP contribution in [0, 0.1) is 5.82 Å². The van der Waals surface area contributed by atoms with E-state index in [1.165, 1.54) is 30.5 Å². The molecule has 7 rings (SSSR count). The molecule has 0 unspecified atom stereocenters. The molecule has 2 aliphatic rings. The molecule has 1 fully saturated rings. The normalized spacial score (nSPS) is 15.1. The molecule has 4 aromatic heterocycles. The van der Waals surface area contributed by atoms with Gasteiger partial charge in [-0.3, -0.25) is 24.8 Å². The lowest BCUT2D eigenvalue weighted by molar-refractivity contribution is 0.260. The average molecular weight is 590 g/mol. The van der Waals surface area contributed by atoms with E-state index in [-0.39, 0.29) is 5.82 Å². The molecule has 1 aromatic carbocycles. The van der Waals surface area contributed by atoms with Gasteiger partial charge in [0.1, 0.15) is 18.2 Å². The Hall–Kier alpha value is -4.47. The van der Waals surface area contributed by atoms with Crippen LogP contribution >= 0.6 is 0 Å². The third-order valence-electron chi connectivity index (χ3n) is 8.37. The highest BCUT2D eigenvalue weighted by Crippen LogP contribution is 2.33.